The molecule has 0 radical (unpaired) electrons. The highest BCUT2D eigenvalue weighted by atomic mass is 16.5. The molecule has 2 aromatic rings. The van der Waals surface area contributed by atoms with Crippen LogP contribution in [0.15, 0.2) is 18.2 Å². The average Bonchev–Trinajstić information content (AvgIpc) is 3.25. The van der Waals surface area contributed by atoms with Gasteiger partial charge in [0.1, 0.15) is 58.9 Å². The average molecular weight is 532 g/mol. The van der Waals surface area contributed by atoms with Gasteiger partial charge >= 0.3 is 0 Å². The number of hydrogen-bond donors (Lipinski definition) is 1. The Bertz CT molecular complexity index is 1370. The predicted molar refractivity (Wildman–Crippen MR) is 175 cm³/mol. The van der Waals surface area contributed by atoms with Gasteiger partial charge in [0.15, 0.2) is 7.85 Å². The number of imide groups is 1. The minimum absolute atomic E-state index is 0.129. The van der Waals surface area contributed by atoms with Crippen molar-refractivity contribution in [3.63, 3.8) is 0 Å². The molecule has 3 amide bonds. The van der Waals surface area contributed by atoms with E-state index in [9.17, 15) is 14.4 Å². The van der Waals surface area contributed by atoms with Gasteiger partial charge in [-0.25, -0.2) is 0 Å². The second kappa shape index (κ2) is 10.9. The molecule has 3 aliphatic heterocycles. The summed E-state index contributed by atoms with van der Waals surface area (Å²) in [6.07, 6.45) is 0.563. The lowest BCUT2D eigenvalue weighted by molar-refractivity contribution is -0.136. The third-order valence-electron chi connectivity index (χ3n) is 9.35. The number of amides is 3. The first-order valence-electron chi connectivity index (χ1n) is 14.3. The van der Waals surface area contributed by atoms with Gasteiger partial charge < -0.3 is 19.3 Å². The molecule has 8 nitrogen and oxygen atoms in total. The zero-order valence-corrected chi connectivity index (χ0v) is 24.8. The van der Waals surface area contributed by atoms with Crippen molar-refractivity contribution in [3.05, 3.63) is 40.5 Å². The number of morpholine rings is 1. The first-order chi connectivity index (χ1) is 18.9. The maximum atomic E-state index is 13.3. The Morgan fingerprint density at radius 2 is 1.65 bits per heavy atom. The Kier molecular flexibility index (Phi) is 7.83. The highest BCUT2D eigenvalue weighted by Crippen LogP contribution is 2.35. The van der Waals surface area contributed by atoms with Crippen molar-refractivity contribution in [1.29, 1.82) is 0 Å². The number of nitrogens with zero attached hydrogens (tertiary/aromatic N) is 2. The quantitative estimate of drug-likeness (QED) is 0.294. The van der Waals surface area contributed by atoms with E-state index < -0.39 is 11.9 Å². The SMILES string of the molecule is Bc1c(B)c(C(B)(B)N2CCOCC2)c(B)c(B)c1C(B)Oc1cccc2c1CN(C1CCC(=O)NC1=O)C2=O. The number of rotatable bonds is 6. The lowest BCUT2D eigenvalue weighted by atomic mass is 9.49. The Balaban J connectivity index is 1.44. The smallest absolute Gasteiger partial charge is 0.255 e. The molecule has 2 atom stereocenters. The van der Waals surface area contributed by atoms with E-state index in [-0.39, 0.29) is 36.1 Å². The summed E-state index contributed by atoms with van der Waals surface area (Å²) in [4.78, 5) is 41.5. The predicted octanol–water partition coefficient (Wildman–Crippen LogP) is -8.10. The third kappa shape index (κ3) is 4.85. The molecule has 3 heterocycles. The molecule has 15 heteroatoms. The number of hydrogen-bond acceptors (Lipinski definition) is 6. The highest BCUT2D eigenvalue weighted by Gasteiger charge is 2.40. The fraction of sp³-hybridized carbons (Fsp3) is 0.400. The molecule has 0 saturated carbocycles. The number of carbonyl (C=O) groups is 3. The molecule has 0 bridgehead atoms. The van der Waals surface area contributed by atoms with Crippen LogP contribution < -0.4 is 31.9 Å². The van der Waals surface area contributed by atoms with Crippen LogP contribution >= 0.6 is 0 Å². The van der Waals surface area contributed by atoms with Crippen molar-refractivity contribution in [3.8, 4) is 5.75 Å². The number of carbonyl (C=O) groups excluding carboxylic acids is 3. The molecule has 0 spiro atoms. The highest BCUT2D eigenvalue weighted by molar-refractivity contribution is 6.60. The van der Waals surface area contributed by atoms with E-state index in [4.69, 9.17) is 9.47 Å². The fourth-order valence-electron chi connectivity index (χ4n) is 7.07. The van der Waals surface area contributed by atoms with Crippen LogP contribution in [-0.4, -0.2) is 115 Å². The second-order valence-electron chi connectivity index (χ2n) is 11.9. The summed E-state index contributed by atoms with van der Waals surface area (Å²) < 4.78 is 12.2. The van der Waals surface area contributed by atoms with Crippen molar-refractivity contribution in [2.45, 2.75) is 36.8 Å². The van der Waals surface area contributed by atoms with E-state index in [1.54, 1.807) is 11.0 Å². The van der Waals surface area contributed by atoms with Crippen molar-refractivity contribution >= 4 is 94.5 Å². The first kappa shape index (κ1) is 28.7. The Hall–Kier alpha value is -2.78. The maximum Gasteiger partial charge on any atom is 0.255 e. The summed E-state index contributed by atoms with van der Waals surface area (Å²) in [5, 5.41) is 2.24. The van der Waals surface area contributed by atoms with E-state index in [0.29, 0.717) is 17.7 Å². The van der Waals surface area contributed by atoms with Gasteiger partial charge in [0.05, 0.1) is 25.8 Å². The number of benzene rings is 2. The van der Waals surface area contributed by atoms with Crippen LogP contribution in [0.3, 0.4) is 0 Å². The van der Waals surface area contributed by atoms with Crippen LogP contribution in [0.25, 0.3) is 0 Å². The molecule has 2 saturated heterocycles. The monoisotopic (exact) mass is 533 g/mol. The minimum atomic E-state index is -0.653. The third-order valence-corrected chi connectivity index (χ3v) is 9.35. The van der Waals surface area contributed by atoms with Crippen LogP contribution in [0.1, 0.15) is 45.9 Å². The normalized spacial score (nSPS) is 20.8. The molecule has 5 rings (SSSR count). The Morgan fingerprint density at radius 1 is 1.00 bits per heavy atom. The lowest BCUT2D eigenvalue weighted by Crippen LogP contribution is -2.60. The first-order valence-corrected chi connectivity index (χ1v) is 14.3. The van der Waals surface area contributed by atoms with E-state index in [1.807, 2.05) is 12.1 Å². The summed E-state index contributed by atoms with van der Waals surface area (Å²) in [6.45, 7) is 3.63. The van der Waals surface area contributed by atoms with Gasteiger partial charge in [0.25, 0.3) is 5.91 Å². The summed E-state index contributed by atoms with van der Waals surface area (Å²) in [5.74, 6) is -0.249. The standard InChI is InChI=1S/C25H34B7N3O5/c26-18-16(19(27)21(29)17(20(18)28)25(31,32)34-6-8-39-9-7-34)22(30)40-14-3-1-2-11-12(14)10-35(24(11)38)13-4-5-15(36)33-23(13)37/h1-3,13,22H,4-10,26-32H2,(H,33,36,37). The zero-order chi connectivity index (χ0) is 28.9. The molecular formula is C25H34B7N3O5. The summed E-state index contributed by atoms with van der Waals surface area (Å²) in [6, 6.07) is 4.62. The van der Waals surface area contributed by atoms with Crippen LogP contribution in [0.4, 0.5) is 0 Å². The Morgan fingerprint density at radius 3 is 2.27 bits per heavy atom. The molecule has 0 aliphatic carbocycles. The molecular weight excluding hydrogens is 498 g/mol. The van der Waals surface area contributed by atoms with Crippen molar-refractivity contribution in [2.75, 3.05) is 26.3 Å². The van der Waals surface area contributed by atoms with Crippen LogP contribution in [-0.2, 0) is 26.2 Å². The van der Waals surface area contributed by atoms with Crippen molar-refractivity contribution < 1.29 is 23.9 Å². The Labute approximate surface area is 242 Å². The molecule has 200 valence electrons. The van der Waals surface area contributed by atoms with E-state index in [2.05, 4.69) is 65.1 Å². The van der Waals surface area contributed by atoms with Crippen LogP contribution in [0.2, 0.25) is 0 Å². The van der Waals surface area contributed by atoms with E-state index in [1.165, 1.54) is 33.0 Å². The molecule has 2 aromatic carbocycles. The molecule has 1 N–H and O–H groups in total. The lowest BCUT2D eigenvalue weighted by Gasteiger charge is -2.45. The number of ether oxygens (including phenoxy) is 2. The number of piperidine rings is 1. The van der Waals surface area contributed by atoms with Gasteiger partial charge in [-0.15, -0.1) is 0 Å². The second-order valence-corrected chi connectivity index (χ2v) is 11.9. The van der Waals surface area contributed by atoms with Crippen molar-refractivity contribution in [1.82, 2.24) is 15.1 Å². The van der Waals surface area contributed by atoms with E-state index >= 15 is 0 Å². The van der Waals surface area contributed by atoms with E-state index in [0.717, 1.165) is 31.9 Å². The van der Waals surface area contributed by atoms with Crippen LogP contribution in [0.5, 0.6) is 5.75 Å². The van der Waals surface area contributed by atoms with Gasteiger partial charge in [-0.3, -0.25) is 19.7 Å². The summed E-state index contributed by atoms with van der Waals surface area (Å²) in [7, 11) is 15.5. The van der Waals surface area contributed by atoms with Crippen LogP contribution in [0, 0.1) is 0 Å². The topological polar surface area (TPSA) is 88.2 Å². The summed E-state index contributed by atoms with van der Waals surface area (Å²) in [5.41, 5.74) is 8.88. The van der Waals surface area contributed by atoms with Gasteiger partial charge in [-0.1, -0.05) is 33.5 Å². The van der Waals surface area contributed by atoms with Gasteiger partial charge in [0, 0.05) is 30.6 Å². The molecule has 0 aromatic heterocycles. The fourth-order valence-corrected chi connectivity index (χ4v) is 7.07. The zero-order valence-electron chi connectivity index (χ0n) is 24.8. The molecule has 3 aliphatic rings. The largest absolute Gasteiger partial charge is 0.495 e. The van der Waals surface area contributed by atoms with Gasteiger partial charge in [-0.05, 0) is 29.5 Å². The van der Waals surface area contributed by atoms with Crippen molar-refractivity contribution in [2.24, 2.45) is 0 Å². The molecule has 40 heavy (non-hydrogen) atoms. The van der Waals surface area contributed by atoms with Gasteiger partial charge in [0.2, 0.25) is 11.8 Å². The molecule has 2 unspecified atom stereocenters. The molecule has 2 fully saturated rings. The summed E-state index contributed by atoms with van der Waals surface area (Å²) >= 11 is 0. The number of nitrogens with one attached hydrogen (secondary N) is 1. The number of fused-ring (bicyclic) bond motifs is 1. The van der Waals surface area contributed by atoms with Gasteiger partial charge in [-0.2, -0.15) is 0 Å². The minimum Gasteiger partial charge on any atom is -0.495 e. The maximum absolute atomic E-state index is 13.3.